The van der Waals surface area contributed by atoms with Crippen LogP contribution in [0.4, 0.5) is 5.69 Å². The third-order valence-corrected chi connectivity index (χ3v) is 3.49. The third kappa shape index (κ3) is 6.46. The van der Waals surface area contributed by atoms with Crippen molar-refractivity contribution >= 4 is 17.6 Å². The van der Waals surface area contributed by atoms with E-state index < -0.39 is 4.92 Å². The third-order valence-electron chi connectivity index (χ3n) is 3.49. The van der Waals surface area contributed by atoms with Crippen LogP contribution in [0.3, 0.4) is 0 Å². The quantitative estimate of drug-likeness (QED) is 0.326. The predicted molar refractivity (Wildman–Crippen MR) is 85.3 cm³/mol. The minimum atomic E-state index is -0.493. The van der Waals surface area contributed by atoms with Gasteiger partial charge in [0.2, 0.25) is 0 Å². The molecular formula is C16H22N2O5. The molecule has 1 aromatic carbocycles. The topological polar surface area (TPSA) is 98.5 Å². The number of aryl methyl sites for hydroxylation is 1. The molecule has 0 spiro atoms. The van der Waals surface area contributed by atoms with Gasteiger partial charge in [-0.3, -0.25) is 19.7 Å². The van der Waals surface area contributed by atoms with Gasteiger partial charge in [0.05, 0.1) is 12.0 Å². The molecule has 7 heteroatoms. The van der Waals surface area contributed by atoms with Gasteiger partial charge in [0.1, 0.15) is 0 Å². The molecule has 0 heterocycles. The molecule has 0 aromatic heterocycles. The van der Waals surface area contributed by atoms with Gasteiger partial charge in [0.15, 0.2) is 0 Å². The molecule has 0 radical (unpaired) electrons. The normalized spacial score (nSPS) is 10.2. The van der Waals surface area contributed by atoms with Gasteiger partial charge in [0.25, 0.3) is 11.6 Å². The summed E-state index contributed by atoms with van der Waals surface area (Å²) >= 11 is 0. The van der Waals surface area contributed by atoms with Crippen molar-refractivity contribution in [2.24, 2.45) is 0 Å². The summed E-state index contributed by atoms with van der Waals surface area (Å²) < 4.78 is 4.55. The molecule has 7 nitrogen and oxygen atoms in total. The number of nitrogens with one attached hydrogen (secondary N) is 1. The smallest absolute Gasteiger partial charge is 0.305 e. The molecule has 0 aliphatic heterocycles. The summed E-state index contributed by atoms with van der Waals surface area (Å²) in [5.41, 5.74) is 0.755. The molecule has 0 aliphatic rings. The summed E-state index contributed by atoms with van der Waals surface area (Å²) in [7, 11) is 1.37. The zero-order valence-corrected chi connectivity index (χ0v) is 13.5. The van der Waals surface area contributed by atoms with Crippen molar-refractivity contribution in [3.63, 3.8) is 0 Å². The number of benzene rings is 1. The number of hydrogen-bond acceptors (Lipinski definition) is 5. The fraction of sp³-hybridized carbons (Fsp3) is 0.500. The SMILES string of the molecule is COC(=O)CCCCCCNC(=O)c1ccc(C)c([N+](=O)[O-])c1. The molecule has 23 heavy (non-hydrogen) atoms. The maximum absolute atomic E-state index is 12.0. The highest BCUT2D eigenvalue weighted by atomic mass is 16.6. The van der Waals surface area contributed by atoms with Crippen molar-refractivity contribution in [1.29, 1.82) is 0 Å². The predicted octanol–water partition coefficient (Wildman–Crippen LogP) is 2.76. The molecule has 0 fully saturated rings. The number of hydrogen-bond donors (Lipinski definition) is 1. The van der Waals surface area contributed by atoms with Crippen molar-refractivity contribution in [2.75, 3.05) is 13.7 Å². The molecule has 1 amide bonds. The van der Waals surface area contributed by atoms with Crippen molar-refractivity contribution in [2.45, 2.75) is 39.0 Å². The molecule has 0 aliphatic carbocycles. The Morgan fingerprint density at radius 2 is 1.91 bits per heavy atom. The summed E-state index contributed by atoms with van der Waals surface area (Å²) in [6.07, 6.45) is 3.76. The number of amides is 1. The summed E-state index contributed by atoms with van der Waals surface area (Å²) in [5, 5.41) is 13.6. The Bertz CT molecular complexity index is 572. The Morgan fingerprint density at radius 3 is 2.57 bits per heavy atom. The number of carbonyl (C=O) groups excluding carboxylic acids is 2. The lowest BCUT2D eigenvalue weighted by Crippen LogP contribution is -2.24. The fourth-order valence-corrected chi connectivity index (χ4v) is 2.10. The highest BCUT2D eigenvalue weighted by Gasteiger charge is 2.14. The van der Waals surface area contributed by atoms with Gasteiger partial charge >= 0.3 is 5.97 Å². The first kappa shape index (κ1) is 18.6. The standard InChI is InChI=1S/C16H22N2O5/c1-12-8-9-13(11-14(12)18(21)22)16(20)17-10-6-4-3-5-7-15(19)23-2/h8-9,11H,3-7,10H2,1-2H3,(H,17,20). The van der Waals surface area contributed by atoms with Gasteiger partial charge in [-0.25, -0.2) is 0 Å². The van der Waals surface area contributed by atoms with E-state index >= 15 is 0 Å². The maximum Gasteiger partial charge on any atom is 0.305 e. The molecule has 0 saturated heterocycles. The Labute approximate surface area is 135 Å². The molecule has 1 aromatic rings. The van der Waals surface area contributed by atoms with Gasteiger partial charge in [-0.05, 0) is 25.8 Å². The number of rotatable bonds is 9. The second-order valence-electron chi connectivity index (χ2n) is 5.25. The number of esters is 1. The van der Waals surface area contributed by atoms with Crippen molar-refractivity contribution in [3.8, 4) is 0 Å². The first-order chi connectivity index (χ1) is 11.0. The highest BCUT2D eigenvalue weighted by Crippen LogP contribution is 2.19. The van der Waals surface area contributed by atoms with Crippen LogP contribution in [0, 0.1) is 17.0 Å². The molecular weight excluding hydrogens is 300 g/mol. The van der Waals surface area contributed by atoms with Crippen LogP contribution in [0.1, 0.15) is 48.0 Å². The Morgan fingerprint density at radius 1 is 1.22 bits per heavy atom. The van der Waals surface area contributed by atoms with Crippen LogP contribution in [0.25, 0.3) is 0 Å². The number of ether oxygens (including phenoxy) is 1. The average molecular weight is 322 g/mol. The lowest BCUT2D eigenvalue weighted by Gasteiger charge is -2.06. The fourth-order valence-electron chi connectivity index (χ4n) is 2.10. The van der Waals surface area contributed by atoms with E-state index in [0.717, 1.165) is 25.7 Å². The zero-order chi connectivity index (χ0) is 17.2. The van der Waals surface area contributed by atoms with E-state index in [9.17, 15) is 19.7 Å². The van der Waals surface area contributed by atoms with Crippen LogP contribution >= 0.6 is 0 Å². The van der Waals surface area contributed by atoms with Gasteiger partial charge in [-0.15, -0.1) is 0 Å². The van der Waals surface area contributed by atoms with Gasteiger partial charge in [-0.1, -0.05) is 18.9 Å². The molecule has 1 rings (SSSR count). The van der Waals surface area contributed by atoms with Gasteiger partial charge < -0.3 is 10.1 Å². The van der Waals surface area contributed by atoms with E-state index in [2.05, 4.69) is 10.1 Å². The van der Waals surface area contributed by atoms with Gasteiger partial charge in [-0.2, -0.15) is 0 Å². The van der Waals surface area contributed by atoms with Crippen molar-refractivity contribution < 1.29 is 19.2 Å². The average Bonchev–Trinajstić information content (AvgIpc) is 2.53. The second kappa shape index (κ2) is 9.55. The summed E-state index contributed by atoms with van der Waals surface area (Å²) in [4.78, 5) is 33.2. The number of unbranched alkanes of at least 4 members (excludes halogenated alkanes) is 3. The van der Waals surface area contributed by atoms with Crippen molar-refractivity contribution in [1.82, 2.24) is 5.32 Å². The van der Waals surface area contributed by atoms with Crippen LogP contribution < -0.4 is 5.32 Å². The van der Waals surface area contributed by atoms with Gasteiger partial charge in [0, 0.05) is 30.2 Å². The molecule has 0 saturated carbocycles. The number of methoxy groups -OCH3 is 1. The Kier molecular flexibility index (Phi) is 7.73. The van der Waals surface area contributed by atoms with Crippen LogP contribution in [-0.4, -0.2) is 30.5 Å². The van der Waals surface area contributed by atoms with E-state index in [1.807, 2.05) is 0 Å². The summed E-state index contributed by atoms with van der Waals surface area (Å²) in [5.74, 6) is -0.526. The minimum absolute atomic E-state index is 0.0551. The lowest BCUT2D eigenvalue weighted by molar-refractivity contribution is -0.385. The van der Waals surface area contributed by atoms with E-state index in [1.54, 1.807) is 19.1 Å². The van der Waals surface area contributed by atoms with Crippen LogP contribution in [-0.2, 0) is 9.53 Å². The number of nitro groups is 1. The lowest BCUT2D eigenvalue weighted by atomic mass is 10.1. The largest absolute Gasteiger partial charge is 0.469 e. The maximum atomic E-state index is 12.0. The zero-order valence-electron chi connectivity index (χ0n) is 13.5. The first-order valence-electron chi connectivity index (χ1n) is 7.55. The molecule has 0 unspecified atom stereocenters. The molecule has 1 N–H and O–H groups in total. The van der Waals surface area contributed by atoms with E-state index in [-0.39, 0.29) is 23.1 Å². The van der Waals surface area contributed by atoms with Crippen LogP contribution in [0.2, 0.25) is 0 Å². The monoisotopic (exact) mass is 322 g/mol. The number of carbonyl (C=O) groups is 2. The summed E-state index contributed by atoms with van der Waals surface area (Å²) in [6.45, 7) is 2.13. The number of nitro benzene ring substituents is 1. The summed E-state index contributed by atoms with van der Waals surface area (Å²) in [6, 6.07) is 4.44. The van der Waals surface area contributed by atoms with E-state index in [4.69, 9.17) is 0 Å². The Hall–Kier alpha value is -2.44. The minimum Gasteiger partial charge on any atom is -0.469 e. The molecule has 126 valence electrons. The van der Waals surface area contributed by atoms with Crippen molar-refractivity contribution in [3.05, 3.63) is 39.4 Å². The molecule has 0 atom stereocenters. The van der Waals surface area contributed by atoms with Crippen LogP contribution in [0.15, 0.2) is 18.2 Å². The highest BCUT2D eigenvalue weighted by molar-refractivity contribution is 5.94. The second-order valence-corrected chi connectivity index (χ2v) is 5.25. The van der Waals surface area contributed by atoms with E-state index in [0.29, 0.717) is 18.5 Å². The van der Waals surface area contributed by atoms with Crippen LogP contribution in [0.5, 0.6) is 0 Å². The Balaban J connectivity index is 2.31. The first-order valence-corrected chi connectivity index (χ1v) is 7.55. The number of nitrogens with zero attached hydrogens (tertiary/aromatic N) is 1. The van der Waals surface area contributed by atoms with E-state index in [1.165, 1.54) is 13.2 Å². The molecule has 0 bridgehead atoms.